The van der Waals surface area contributed by atoms with Crippen LogP contribution < -0.4 is 0 Å². The van der Waals surface area contributed by atoms with Crippen LogP contribution in [-0.2, 0) is 9.47 Å². The lowest BCUT2D eigenvalue weighted by atomic mass is 10.1. The van der Waals surface area contributed by atoms with E-state index in [4.69, 9.17) is 30.7 Å². The van der Waals surface area contributed by atoms with Gasteiger partial charge in [-0.2, -0.15) is 20.8 Å². The summed E-state index contributed by atoms with van der Waals surface area (Å²) < 4.78 is 9.96. The topological polar surface area (TPSA) is 138 Å². The van der Waals surface area contributed by atoms with Gasteiger partial charge in [0, 0.05) is 23.5 Å². The van der Waals surface area contributed by atoms with Crippen molar-refractivity contribution in [1.82, 2.24) is 0 Å². The highest BCUT2D eigenvalue weighted by molar-refractivity contribution is 5.84. The maximum absolute atomic E-state index is 8.19. The first-order valence-electron chi connectivity index (χ1n) is 10.5. The highest BCUT2D eigenvalue weighted by Gasteiger charge is 2.04. The summed E-state index contributed by atoms with van der Waals surface area (Å²) in [5, 5.41) is 31.3. The summed E-state index contributed by atoms with van der Waals surface area (Å²) in [5.74, 6) is 1.91. The van der Waals surface area contributed by atoms with E-state index in [0.29, 0.717) is 30.9 Å². The van der Waals surface area contributed by atoms with E-state index in [1.807, 2.05) is 82.2 Å². The minimum absolute atomic E-state index is 0.190. The van der Waals surface area contributed by atoms with Crippen molar-refractivity contribution in [2.45, 2.75) is 76.2 Å². The number of ether oxygens (including phenoxy) is 2. The molecule has 0 aromatic rings. The lowest BCUT2D eigenvalue weighted by Crippen LogP contribution is -2.11. The number of nitrogens with one attached hydrogen (secondary N) is 1. The SMILES string of the molecule is CC(=NC#N)C(C)C.CC(C)C#N.CCOC(=N)C(C)C.CCOC(=NC#N)C(C)C. The second-order valence-corrected chi connectivity index (χ2v) is 7.38. The second-order valence-electron chi connectivity index (χ2n) is 7.38. The summed E-state index contributed by atoms with van der Waals surface area (Å²) in [6.45, 7) is 22.3. The van der Waals surface area contributed by atoms with Gasteiger partial charge in [-0.1, -0.05) is 41.5 Å². The summed E-state index contributed by atoms with van der Waals surface area (Å²) in [6, 6.07) is 2.03. The van der Waals surface area contributed by atoms with Crippen molar-refractivity contribution in [2.75, 3.05) is 13.2 Å². The fourth-order valence-corrected chi connectivity index (χ4v) is 1.06. The molecule has 0 aromatic heterocycles. The van der Waals surface area contributed by atoms with Crippen LogP contribution in [0.3, 0.4) is 0 Å². The molecule has 31 heavy (non-hydrogen) atoms. The zero-order valence-electron chi connectivity index (χ0n) is 21.3. The van der Waals surface area contributed by atoms with Crippen molar-refractivity contribution in [3.8, 4) is 18.5 Å². The molecule has 0 atom stereocenters. The number of nitriles is 3. The zero-order chi connectivity index (χ0) is 25.4. The summed E-state index contributed by atoms with van der Waals surface area (Å²) in [4.78, 5) is 7.06. The number of hydrogen-bond donors (Lipinski definition) is 1. The van der Waals surface area contributed by atoms with E-state index in [1.165, 1.54) is 0 Å². The molecule has 0 saturated heterocycles. The van der Waals surface area contributed by atoms with Gasteiger partial charge in [0.25, 0.3) is 0 Å². The van der Waals surface area contributed by atoms with Crippen LogP contribution in [0.5, 0.6) is 0 Å². The third-order valence-corrected chi connectivity index (χ3v) is 3.09. The van der Waals surface area contributed by atoms with Crippen molar-refractivity contribution in [2.24, 2.45) is 33.7 Å². The van der Waals surface area contributed by atoms with Gasteiger partial charge in [-0.25, -0.2) is 0 Å². The van der Waals surface area contributed by atoms with E-state index >= 15 is 0 Å². The van der Waals surface area contributed by atoms with Gasteiger partial charge in [0.1, 0.15) is 0 Å². The second kappa shape index (κ2) is 25.1. The molecule has 0 aliphatic heterocycles. The quantitative estimate of drug-likeness (QED) is 0.323. The molecule has 0 spiro atoms. The first kappa shape index (κ1) is 35.5. The predicted molar refractivity (Wildman–Crippen MR) is 128 cm³/mol. The summed E-state index contributed by atoms with van der Waals surface area (Å²) in [7, 11) is 0. The van der Waals surface area contributed by atoms with Crippen LogP contribution in [0.25, 0.3) is 0 Å². The molecular weight excluding hydrogens is 392 g/mol. The molecule has 0 fully saturated rings. The molecule has 8 nitrogen and oxygen atoms in total. The summed E-state index contributed by atoms with van der Waals surface area (Å²) in [6.07, 6.45) is 3.43. The molecule has 0 heterocycles. The van der Waals surface area contributed by atoms with Crippen molar-refractivity contribution in [3.05, 3.63) is 0 Å². The maximum atomic E-state index is 8.19. The average Bonchev–Trinajstić information content (AvgIpc) is 2.69. The number of hydrogen-bond acceptors (Lipinski definition) is 8. The van der Waals surface area contributed by atoms with Gasteiger partial charge < -0.3 is 9.47 Å². The van der Waals surface area contributed by atoms with Crippen LogP contribution >= 0.6 is 0 Å². The molecule has 0 unspecified atom stereocenters. The van der Waals surface area contributed by atoms with E-state index in [9.17, 15) is 0 Å². The Kier molecular flexibility index (Phi) is 28.8. The minimum Gasteiger partial charge on any atom is -0.481 e. The third-order valence-electron chi connectivity index (χ3n) is 3.09. The molecule has 0 rings (SSSR count). The van der Waals surface area contributed by atoms with Crippen LogP contribution in [0, 0.1) is 63.3 Å². The molecule has 0 radical (unpaired) electrons. The molecule has 1 N–H and O–H groups in total. The van der Waals surface area contributed by atoms with Gasteiger partial charge in [0.2, 0.25) is 18.3 Å². The first-order valence-corrected chi connectivity index (χ1v) is 10.5. The van der Waals surface area contributed by atoms with Gasteiger partial charge >= 0.3 is 0 Å². The van der Waals surface area contributed by atoms with Crippen LogP contribution in [0.4, 0.5) is 0 Å². The summed E-state index contributed by atoms with van der Waals surface area (Å²) >= 11 is 0. The highest BCUT2D eigenvalue weighted by Crippen LogP contribution is 1.98. The van der Waals surface area contributed by atoms with Crippen LogP contribution in [0.1, 0.15) is 76.2 Å². The third kappa shape index (κ3) is 32.0. The molecule has 8 heteroatoms. The normalized spacial score (nSPS) is 10.3. The molecule has 176 valence electrons. The number of aliphatic imine (C=N–C) groups is 2. The van der Waals surface area contributed by atoms with Crippen molar-refractivity contribution >= 4 is 17.5 Å². The molecular formula is C23H42N6O2. The number of rotatable bonds is 5. The highest BCUT2D eigenvalue weighted by atomic mass is 16.5. The van der Waals surface area contributed by atoms with Gasteiger partial charge in [0.05, 0.1) is 19.3 Å². The molecule has 0 aromatic carbocycles. The molecule has 0 amide bonds. The van der Waals surface area contributed by atoms with Crippen LogP contribution in [-0.4, -0.2) is 30.7 Å². The van der Waals surface area contributed by atoms with Crippen molar-refractivity contribution < 1.29 is 9.47 Å². The standard InChI is InChI=1S/C7H12N2O.C6H10N2.C6H13NO.C4H7N/c1-4-10-7(6(2)3)9-5-8;1-5(2)6(3)8-4-7;1-4-8-6(7)5(2)3;1-4(2)3-5/h6H,4H2,1-3H3;5H,1-3H3;5,7H,4H2,1-3H3;4H,1-2H3. The Morgan fingerprint density at radius 1 is 0.774 bits per heavy atom. The first-order chi connectivity index (χ1) is 14.4. The van der Waals surface area contributed by atoms with Crippen LogP contribution in [0.15, 0.2) is 9.98 Å². The fourth-order valence-electron chi connectivity index (χ4n) is 1.06. The average molecular weight is 435 g/mol. The molecule has 0 saturated carbocycles. The Morgan fingerprint density at radius 3 is 1.35 bits per heavy atom. The largest absolute Gasteiger partial charge is 0.481 e. The monoisotopic (exact) mass is 434 g/mol. The van der Waals surface area contributed by atoms with Crippen LogP contribution in [0.2, 0.25) is 0 Å². The molecule has 0 aliphatic rings. The Balaban J connectivity index is -0.000000161. The Labute approximate surface area is 190 Å². The predicted octanol–water partition coefficient (Wildman–Crippen LogP) is 5.97. The Hall–Kier alpha value is -2.92. The molecule has 0 bridgehead atoms. The van der Waals surface area contributed by atoms with E-state index in [-0.39, 0.29) is 17.8 Å². The maximum Gasteiger partial charge on any atom is 0.208 e. The molecule has 0 aliphatic carbocycles. The van der Waals surface area contributed by atoms with Crippen molar-refractivity contribution in [1.29, 1.82) is 21.2 Å². The lowest BCUT2D eigenvalue weighted by Gasteiger charge is -2.07. The van der Waals surface area contributed by atoms with Crippen molar-refractivity contribution in [3.63, 3.8) is 0 Å². The number of nitrogens with zero attached hydrogens (tertiary/aromatic N) is 5. The lowest BCUT2D eigenvalue weighted by molar-refractivity contribution is 0.303. The van der Waals surface area contributed by atoms with Gasteiger partial charge in [-0.3, -0.25) is 5.41 Å². The Bertz CT molecular complexity index is 630. The van der Waals surface area contributed by atoms with E-state index in [0.717, 1.165) is 5.71 Å². The fraction of sp³-hybridized carbons (Fsp3) is 0.739. The summed E-state index contributed by atoms with van der Waals surface area (Å²) in [5.41, 5.74) is 0.896. The smallest absolute Gasteiger partial charge is 0.208 e. The minimum atomic E-state index is 0.190. The van der Waals surface area contributed by atoms with Gasteiger partial charge in [-0.15, -0.1) is 4.99 Å². The van der Waals surface area contributed by atoms with Gasteiger partial charge in [-0.05, 0) is 40.5 Å². The van der Waals surface area contributed by atoms with Gasteiger partial charge in [0.15, 0.2) is 5.90 Å². The van der Waals surface area contributed by atoms with E-state index in [2.05, 4.69) is 9.98 Å². The van der Waals surface area contributed by atoms with E-state index < -0.39 is 0 Å². The zero-order valence-corrected chi connectivity index (χ0v) is 21.3. The van der Waals surface area contributed by atoms with E-state index in [1.54, 1.807) is 12.4 Å². The Morgan fingerprint density at radius 2 is 1.19 bits per heavy atom.